The topological polar surface area (TPSA) is 153 Å². The predicted octanol–water partition coefficient (Wildman–Crippen LogP) is 5.28. The second kappa shape index (κ2) is 12.2. The van der Waals surface area contributed by atoms with Gasteiger partial charge in [-0.3, -0.25) is 14.6 Å². The highest BCUT2D eigenvalue weighted by Crippen LogP contribution is 2.34. The molecule has 0 fully saturated rings. The summed E-state index contributed by atoms with van der Waals surface area (Å²) in [5, 5.41) is 8.43. The standard InChI is InChI=1S/C31H30N8O4/c1-19-9-10-20-15-21(27(42-2)16-23(20)35-19)25-18-34-29(36-25)22(7-4-3-5-8-26(40)31-33-12-14-43-31)37-30(41)24-17-28-32-11-6-13-39(28)38-24/h6,9-18,22H,3-5,7-8H2,1-2H3,(H,34,36)(H,37,41)/t22-/m0/s1. The number of unbranched alkanes of at least 4 members (excludes halogenated alkanes) is 2. The monoisotopic (exact) mass is 578 g/mol. The Kier molecular flexibility index (Phi) is 7.90. The van der Waals surface area contributed by atoms with E-state index in [9.17, 15) is 9.59 Å². The van der Waals surface area contributed by atoms with Crippen LogP contribution in [-0.4, -0.2) is 53.3 Å². The number of nitrogens with zero attached hydrogens (tertiary/aromatic N) is 6. The third kappa shape index (κ3) is 6.13. The van der Waals surface area contributed by atoms with Crippen molar-refractivity contribution in [3.63, 3.8) is 0 Å². The fraction of sp³-hybridized carbons (Fsp3) is 0.258. The van der Waals surface area contributed by atoms with Crippen molar-refractivity contribution >= 4 is 28.2 Å². The number of aryl methyl sites for hydroxylation is 1. The normalized spacial score (nSPS) is 12.0. The van der Waals surface area contributed by atoms with E-state index >= 15 is 0 Å². The van der Waals surface area contributed by atoms with Crippen LogP contribution < -0.4 is 10.1 Å². The second-order valence-corrected chi connectivity index (χ2v) is 10.2. The Balaban J connectivity index is 1.21. The van der Waals surface area contributed by atoms with Gasteiger partial charge < -0.3 is 19.5 Å². The fourth-order valence-corrected chi connectivity index (χ4v) is 5.01. The first-order chi connectivity index (χ1) is 21.0. The quantitative estimate of drug-likeness (QED) is 0.146. The van der Waals surface area contributed by atoms with Crippen LogP contribution in [-0.2, 0) is 0 Å². The van der Waals surface area contributed by atoms with E-state index < -0.39 is 6.04 Å². The molecule has 0 saturated carbocycles. The summed E-state index contributed by atoms with van der Waals surface area (Å²) >= 11 is 0. The van der Waals surface area contributed by atoms with Gasteiger partial charge in [-0.2, -0.15) is 5.10 Å². The molecule has 5 aromatic heterocycles. The van der Waals surface area contributed by atoms with E-state index in [2.05, 4.69) is 35.3 Å². The number of carbonyl (C=O) groups is 2. The first-order valence-corrected chi connectivity index (χ1v) is 14.0. The average molecular weight is 579 g/mol. The van der Waals surface area contributed by atoms with E-state index in [1.54, 1.807) is 42.3 Å². The minimum atomic E-state index is -0.433. The van der Waals surface area contributed by atoms with Crippen LogP contribution in [0.4, 0.5) is 0 Å². The lowest BCUT2D eigenvalue weighted by molar-refractivity contribution is 0.0926. The number of nitrogens with one attached hydrogen (secondary N) is 2. The third-order valence-electron chi connectivity index (χ3n) is 7.21. The molecule has 218 valence electrons. The van der Waals surface area contributed by atoms with E-state index in [1.165, 1.54) is 12.5 Å². The third-order valence-corrected chi connectivity index (χ3v) is 7.21. The fourth-order valence-electron chi connectivity index (χ4n) is 5.01. The zero-order valence-corrected chi connectivity index (χ0v) is 23.8. The van der Waals surface area contributed by atoms with E-state index in [-0.39, 0.29) is 23.3 Å². The van der Waals surface area contributed by atoms with Crippen molar-refractivity contribution in [1.82, 2.24) is 39.9 Å². The highest BCUT2D eigenvalue weighted by molar-refractivity contribution is 5.93. The first-order valence-electron chi connectivity index (χ1n) is 14.0. The van der Waals surface area contributed by atoms with Crippen LogP contribution in [0.5, 0.6) is 5.75 Å². The summed E-state index contributed by atoms with van der Waals surface area (Å²) in [5.41, 5.74) is 4.18. The molecule has 6 rings (SSSR count). The molecule has 0 radical (unpaired) electrons. The number of hydrogen-bond donors (Lipinski definition) is 2. The van der Waals surface area contributed by atoms with E-state index in [1.807, 2.05) is 31.2 Å². The number of hydrogen-bond acceptors (Lipinski definition) is 9. The van der Waals surface area contributed by atoms with Crippen LogP contribution >= 0.6 is 0 Å². The Morgan fingerprint density at radius 3 is 2.81 bits per heavy atom. The van der Waals surface area contributed by atoms with Crippen molar-refractivity contribution in [2.24, 2.45) is 0 Å². The Hall–Kier alpha value is -5.39. The molecule has 2 N–H and O–H groups in total. The molecule has 0 aliphatic heterocycles. The summed E-state index contributed by atoms with van der Waals surface area (Å²) in [5.74, 6) is 0.933. The molecule has 0 saturated heterocycles. The van der Waals surface area contributed by atoms with Gasteiger partial charge in [0.15, 0.2) is 11.3 Å². The molecule has 0 aliphatic carbocycles. The van der Waals surface area contributed by atoms with Crippen molar-refractivity contribution in [2.45, 2.75) is 45.1 Å². The van der Waals surface area contributed by atoms with E-state index in [4.69, 9.17) is 9.15 Å². The summed E-state index contributed by atoms with van der Waals surface area (Å²) in [6, 6.07) is 10.9. The van der Waals surface area contributed by atoms with Crippen molar-refractivity contribution < 1.29 is 18.7 Å². The van der Waals surface area contributed by atoms with Crippen LogP contribution in [0.15, 0.2) is 71.9 Å². The van der Waals surface area contributed by atoms with Gasteiger partial charge in [0, 0.05) is 47.6 Å². The van der Waals surface area contributed by atoms with Crippen LogP contribution in [0.2, 0.25) is 0 Å². The Morgan fingerprint density at radius 1 is 1.09 bits per heavy atom. The molecule has 1 amide bonds. The van der Waals surface area contributed by atoms with Gasteiger partial charge in [-0.15, -0.1) is 0 Å². The average Bonchev–Trinajstić information content (AvgIpc) is 3.80. The predicted molar refractivity (Wildman–Crippen MR) is 158 cm³/mol. The number of ketones is 1. The number of benzene rings is 1. The van der Waals surface area contributed by atoms with Gasteiger partial charge in [0.25, 0.3) is 11.8 Å². The van der Waals surface area contributed by atoms with E-state index in [0.717, 1.165) is 40.7 Å². The number of amides is 1. The van der Waals surface area contributed by atoms with Crippen LogP contribution in [0.1, 0.15) is 70.8 Å². The van der Waals surface area contributed by atoms with Gasteiger partial charge in [-0.25, -0.2) is 19.5 Å². The molecule has 1 atom stereocenters. The van der Waals surface area contributed by atoms with Gasteiger partial charge in [-0.05, 0) is 38.0 Å². The Labute approximate surface area is 246 Å². The minimum Gasteiger partial charge on any atom is -0.496 e. The maximum absolute atomic E-state index is 13.3. The van der Waals surface area contributed by atoms with Gasteiger partial charge in [0.05, 0.1) is 36.8 Å². The highest BCUT2D eigenvalue weighted by Gasteiger charge is 2.22. The van der Waals surface area contributed by atoms with Gasteiger partial charge in [-0.1, -0.05) is 18.9 Å². The zero-order valence-electron chi connectivity index (χ0n) is 23.8. The maximum atomic E-state index is 13.3. The van der Waals surface area contributed by atoms with Crippen molar-refractivity contribution in [1.29, 1.82) is 0 Å². The lowest BCUT2D eigenvalue weighted by Gasteiger charge is -2.16. The smallest absolute Gasteiger partial charge is 0.272 e. The number of rotatable bonds is 12. The van der Waals surface area contributed by atoms with Crippen molar-refractivity contribution in [2.75, 3.05) is 7.11 Å². The molecular formula is C31H30N8O4. The number of ether oxygens (including phenoxy) is 1. The maximum Gasteiger partial charge on any atom is 0.272 e. The molecule has 1 aromatic carbocycles. The molecule has 6 aromatic rings. The van der Waals surface area contributed by atoms with Crippen LogP contribution in [0.25, 0.3) is 27.8 Å². The van der Waals surface area contributed by atoms with E-state index in [0.29, 0.717) is 36.5 Å². The largest absolute Gasteiger partial charge is 0.496 e. The molecule has 0 bridgehead atoms. The van der Waals surface area contributed by atoms with Crippen LogP contribution in [0, 0.1) is 6.92 Å². The summed E-state index contributed by atoms with van der Waals surface area (Å²) < 4.78 is 12.3. The van der Waals surface area contributed by atoms with Crippen molar-refractivity contribution in [3.8, 4) is 17.0 Å². The number of fused-ring (bicyclic) bond motifs is 2. The molecule has 12 heteroatoms. The number of Topliss-reactive ketones (excluding diaryl/α,β-unsaturated/α-hetero) is 1. The molecule has 12 nitrogen and oxygen atoms in total. The molecule has 0 spiro atoms. The number of aromatic nitrogens is 7. The number of methoxy groups -OCH3 is 1. The Morgan fingerprint density at radius 2 is 2.00 bits per heavy atom. The lowest BCUT2D eigenvalue weighted by atomic mass is 10.0. The van der Waals surface area contributed by atoms with Crippen LogP contribution in [0.3, 0.4) is 0 Å². The SMILES string of the molecule is COc1cc2nc(C)ccc2cc1-c1cnc([C@H](CCCCCC(=O)c2ncco2)NC(=O)c2cc3ncccn3n2)[nH]1. The number of pyridine rings is 1. The summed E-state index contributed by atoms with van der Waals surface area (Å²) in [6.07, 6.45) is 11.1. The first kappa shape index (κ1) is 27.8. The Bertz CT molecular complexity index is 1860. The van der Waals surface area contributed by atoms with Gasteiger partial charge in [0.1, 0.15) is 17.8 Å². The minimum absolute atomic E-state index is 0.124. The molecule has 43 heavy (non-hydrogen) atoms. The second-order valence-electron chi connectivity index (χ2n) is 10.2. The number of oxazole rings is 1. The highest BCUT2D eigenvalue weighted by atomic mass is 16.5. The lowest BCUT2D eigenvalue weighted by Crippen LogP contribution is -2.29. The van der Waals surface area contributed by atoms with Gasteiger partial charge in [0.2, 0.25) is 5.78 Å². The summed E-state index contributed by atoms with van der Waals surface area (Å²) in [6.45, 7) is 1.95. The number of carbonyl (C=O) groups excluding carboxylic acids is 2. The zero-order chi connectivity index (χ0) is 29.8. The van der Waals surface area contributed by atoms with Crippen molar-refractivity contribution in [3.05, 3.63) is 90.6 Å². The summed E-state index contributed by atoms with van der Waals surface area (Å²) in [4.78, 5) is 46.4. The number of H-pyrrole nitrogens is 1. The van der Waals surface area contributed by atoms with Gasteiger partial charge >= 0.3 is 0 Å². The number of imidazole rings is 1. The number of aromatic amines is 1. The molecule has 0 unspecified atom stereocenters. The summed E-state index contributed by atoms with van der Waals surface area (Å²) in [7, 11) is 1.62. The molecular weight excluding hydrogens is 548 g/mol. The molecule has 5 heterocycles. The molecule has 0 aliphatic rings.